The zero-order valence-corrected chi connectivity index (χ0v) is 18.5. The van der Waals surface area contributed by atoms with Gasteiger partial charge in [0.15, 0.2) is 5.96 Å². The van der Waals surface area contributed by atoms with Gasteiger partial charge in [-0.15, -0.1) is 0 Å². The molecule has 164 valence electrons. The van der Waals surface area contributed by atoms with Crippen LogP contribution in [-0.4, -0.2) is 67.8 Å². The highest BCUT2D eigenvalue weighted by molar-refractivity contribution is 5.87. The predicted octanol–water partition coefficient (Wildman–Crippen LogP) is 1.78. The van der Waals surface area contributed by atoms with Gasteiger partial charge in [-0.3, -0.25) is 9.59 Å². The first-order valence-electron chi connectivity index (χ1n) is 11.0. The Hall–Kier alpha value is -2.57. The largest absolute Gasteiger partial charge is 0.357 e. The molecule has 0 bridgehead atoms. The van der Waals surface area contributed by atoms with Crippen LogP contribution in [-0.2, 0) is 22.6 Å². The van der Waals surface area contributed by atoms with Crippen LogP contribution < -0.4 is 10.6 Å². The van der Waals surface area contributed by atoms with Crippen LogP contribution in [0.1, 0.15) is 43.7 Å². The summed E-state index contributed by atoms with van der Waals surface area (Å²) in [5, 5.41) is 6.54. The van der Waals surface area contributed by atoms with Crippen LogP contribution in [0, 0.1) is 5.41 Å². The molecule has 1 saturated carbocycles. The first kappa shape index (κ1) is 22.1. The van der Waals surface area contributed by atoms with E-state index in [-0.39, 0.29) is 23.8 Å². The Morgan fingerprint density at radius 1 is 1.13 bits per heavy atom. The van der Waals surface area contributed by atoms with E-state index in [0.717, 1.165) is 38.6 Å². The molecule has 1 heterocycles. The summed E-state index contributed by atoms with van der Waals surface area (Å²) in [6, 6.07) is 8.29. The van der Waals surface area contributed by atoms with Crippen molar-refractivity contribution in [3.63, 3.8) is 0 Å². The van der Waals surface area contributed by atoms with Crippen molar-refractivity contribution in [2.45, 2.75) is 45.6 Å². The third-order valence-electron chi connectivity index (χ3n) is 6.21. The fraction of sp³-hybridized carbons (Fsp3) is 0.609. The maximum atomic E-state index is 12.8. The molecule has 2 aliphatic rings. The number of amides is 2. The van der Waals surface area contributed by atoms with E-state index in [0.29, 0.717) is 25.6 Å². The van der Waals surface area contributed by atoms with Gasteiger partial charge < -0.3 is 20.4 Å². The number of carbonyl (C=O) groups excluding carboxylic acids is 2. The van der Waals surface area contributed by atoms with E-state index in [1.165, 1.54) is 11.1 Å². The van der Waals surface area contributed by atoms with Gasteiger partial charge in [0.05, 0.1) is 5.41 Å². The number of hydrogen-bond donors (Lipinski definition) is 2. The quantitative estimate of drug-likeness (QED) is 0.551. The lowest BCUT2D eigenvalue weighted by atomic mass is 9.84. The molecule has 1 aromatic rings. The smallest absolute Gasteiger partial charge is 0.244 e. The standard InChI is InChI=1S/C23H35N5O2/c1-4-24-22(26-17-23(12-7-8-13-23)21(30)27(2)3)25-15-20(29)28-14-11-18-9-5-6-10-19(18)16-28/h5-6,9-10H,4,7-8,11-17H2,1-3H3,(H2,24,25,26). The summed E-state index contributed by atoms with van der Waals surface area (Å²) < 4.78 is 0. The first-order chi connectivity index (χ1) is 14.4. The molecule has 0 aromatic heterocycles. The van der Waals surface area contributed by atoms with Crippen molar-refractivity contribution in [3.8, 4) is 0 Å². The van der Waals surface area contributed by atoms with E-state index in [4.69, 9.17) is 0 Å². The molecule has 3 rings (SSSR count). The number of rotatable bonds is 6. The van der Waals surface area contributed by atoms with Crippen LogP contribution in [0.2, 0.25) is 0 Å². The molecule has 7 heteroatoms. The summed E-state index contributed by atoms with van der Waals surface area (Å²) in [6.45, 7) is 4.72. The number of guanidine groups is 1. The second-order valence-corrected chi connectivity index (χ2v) is 8.57. The van der Waals surface area contributed by atoms with Crippen LogP contribution >= 0.6 is 0 Å². The van der Waals surface area contributed by atoms with Gasteiger partial charge in [-0.25, -0.2) is 4.99 Å². The third kappa shape index (κ3) is 5.12. The number of carbonyl (C=O) groups is 2. The van der Waals surface area contributed by atoms with Gasteiger partial charge >= 0.3 is 0 Å². The van der Waals surface area contributed by atoms with Crippen LogP contribution in [0.25, 0.3) is 0 Å². The molecule has 2 N–H and O–H groups in total. The Balaban J connectivity index is 1.60. The van der Waals surface area contributed by atoms with Gasteiger partial charge in [-0.05, 0) is 37.3 Å². The Morgan fingerprint density at radius 2 is 1.83 bits per heavy atom. The minimum absolute atomic E-state index is 0.0293. The average molecular weight is 414 g/mol. The topological polar surface area (TPSA) is 77.0 Å². The van der Waals surface area contributed by atoms with Crippen molar-refractivity contribution in [2.24, 2.45) is 10.4 Å². The van der Waals surface area contributed by atoms with Crippen LogP contribution in [0.4, 0.5) is 0 Å². The lowest BCUT2D eigenvalue weighted by molar-refractivity contribution is -0.139. The lowest BCUT2D eigenvalue weighted by Gasteiger charge is -2.31. The van der Waals surface area contributed by atoms with E-state index in [1.807, 2.05) is 38.1 Å². The molecule has 0 unspecified atom stereocenters. The van der Waals surface area contributed by atoms with Crippen molar-refractivity contribution >= 4 is 17.8 Å². The lowest BCUT2D eigenvalue weighted by Crippen LogP contribution is -2.49. The number of fused-ring (bicyclic) bond motifs is 1. The summed E-state index contributed by atoms with van der Waals surface area (Å²) >= 11 is 0. The molecule has 2 amide bonds. The van der Waals surface area contributed by atoms with Gasteiger partial charge in [0.2, 0.25) is 11.8 Å². The molecular weight excluding hydrogens is 378 g/mol. The summed E-state index contributed by atoms with van der Waals surface area (Å²) in [6.07, 6.45) is 4.82. The SMILES string of the molecule is CCNC(=NCC(=O)N1CCc2ccccc2C1)NCC1(C(=O)N(C)C)CCCC1. The number of nitrogens with zero attached hydrogens (tertiary/aromatic N) is 3. The van der Waals surface area contributed by atoms with E-state index in [1.54, 1.807) is 4.90 Å². The van der Waals surface area contributed by atoms with Gasteiger partial charge in [-0.1, -0.05) is 37.1 Å². The molecule has 0 radical (unpaired) electrons. The van der Waals surface area contributed by atoms with Crippen molar-refractivity contribution in [3.05, 3.63) is 35.4 Å². The molecule has 7 nitrogen and oxygen atoms in total. The zero-order valence-electron chi connectivity index (χ0n) is 18.5. The highest BCUT2D eigenvalue weighted by atomic mass is 16.2. The van der Waals surface area contributed by atoms with Crippen molar-refractivity contribution < 1.29 is 9.59 Å². The van der Waals surface area contributed by atoms with Gasteiger partial charge in [0.1, 0.15) is 6.54 Å². The number of benzene rings is 1. The summed E-state index contributed by atoms with van der Waals surface area (Å²) in [7, 11) is 3.63. The molecule has 0 atom stereocenters. The van der Waals surface area contributed by atoms with Gasteiger partial charge in [-0.2, -0.15) is 0 Å². The monoisotopic (exact) mass is 413 g/mol. The Bertz CT molecular complexity index is 784. The molecule has 0 saturated heterocycles. The fourth-order valence-electron chi connectivity index (χ4n) is 4.54. The molecular formula is C23H35N5O2. The Kier molecular flexibility index (Phi) is 7.34. The Morgan fingerprint density at radius 3 is 2.50 bits per heavy atom. The van der Waals surface area contributed by atoms with Gasteiger partial charge in [0, 0.05) is 40.3 Å². The maximum absolute atomic E-state index is 12.8. The summed E-state index contributed by atoms with van der Waals surface area (Å²) in [4.78, 5) is 33.6. The van der Waals surface area contributed by atoms with Gasteiger partial charge in [0.25, 0.3) is 0 Å². The number of nitrogens with one attached hydrogen (secondary N) is 2. The van der Waals surface area contributed by atoms with E-state index >= 15 is 0 Å². The number of aliphatic imine (C=N–C) groups is 1. The molecule has 1 aromatic carbocycles. The Labute approximate surface area is 179 Å². The molecule has 1 aliphatic heterocycles. The second-order valence-electron chi connectivity index (χ2n) is 8.57. The first-order valence-corrected chi connectivity index (χ1v) is 11.0. The minimum Gasteiger partial charge on any atom is -0.357 e. The second kappa shape index (κ2) is 9.96. The zero-order chi connectivity index (χ0) is 21.6. The average Bonchev–Trinajstić information content (AvgIpc) is 3.24. The van der Waals surface area contributed by atoms with Crippen LogP contribution in [0.3, 0.4) is 0 Å². The highest BCUT2D eigenvalue weighted by Crippen LogP contribution is 2.38. The van der Waals surface area contributed by atoms with E-state index in [2.05, 4.69) is 27.8 Å². The van der Waals surface area contributed by atoms with Crippen LogP contribution in [0.5, 0.6) is 0 Å². The maximum Gasteiger partial charge on any atom is 0.244 e. The number of hydrogen-bond acceptors (Lipinski definition) is 3. The summed E-state index contributed by atoms with van der Waals surface area (Å²) in [5.74, 6) is 0.800. The molecule has 1 fully saturated rings. The normalized spacial score (nSPS) is 18.0. The van der Waals surface area contributed by atoms with Crippen LogP contribution in [0.15, 0.2) is 29.3 Å². The van der Waals surface area contributed by atoms with E-state index in [9.17, 15) is 9.59 Å². The predicted molar refractivity (Wildman–Crippen MR) is 119 cm³/mol. The van der Waals surface area contributed by atoms with Crippen molar-refractivity contribution in [1.82, 2.24) is 20.4 Å². The minimum atomic E-state index is -0.375. The fourth-order valence-corrected chi connectivity index (χ4v) is 4.54. The van der Waals surface area contributed by atoms with Crippen molar-refractivity contribution in [1.29, 1.82) is 0 Å². The van der Waals surface area contributed by atoms with Crippen molar-refractivity contribution in [2.75, 3.05) is 40.3 Å². The van der Waals surface area contributed by atoms with E-state index < -0.39 is 0 Å². The molecule has 1 aliphatic carbocycles. The molecule has 0 spiro atoms. The third-order valence-corrected chi connectivity index (χ3v) is 6.21. The summed E-state index contributed by atoms with van der Waals surface area (Å²) in [5.41, 5.74) is 2.17. The highest BCUT2D eigenvalue weighted by Gasteiger charge is 2.42. The molecule has 30 heavy (non-hydrogen) atoms.